The molecule has 3 nitrogen and oxygen atoms in total. The van der Waals surface area contributed by atoms with Crippen molar-refractivity contribution in [3.63, 3.8) is 0 Å². The first kappa shape index (κ1) is 14.8. The molecule has 0 spiro atoms. The summed E-state index contributed by atoms with van der Waals surface area (Å²) in [6.45, 7) is 2.17. The van der Waals surface area contributed by atoms with Gasteiger partial charge in [-0.05, 0) is 18.1 Å². The fraction of sp³-hybridized carbons (Fsp3) is 0.316. The van der Waals surface area contributed by atoms with Gasteiger partial charge in [-0.3, -0.25) is 10.3 Å². The van der Waals surface area contributed by atoms with Crippen molar-refractivity contribution >= 4 is 5.71 Å². The molecule has 0 aromatic heterocycles. The molecule has 0 saturated heterocycles. The molecule has 0 amide bonds. The number of para-hydroxylation sites is 1. The Balaban J connectivity index is 1.92. The van der Waals surface area contributed by atoms with Crippen LogP contribution in [-0.2, 0) is 0 Å². The van der Waals surface area contributed by atoms with Gasteiger partial charge in [-0.25, -0.2) is 0 Å². The van der Waals surface area contributed by atoms with Gasteiger partial charge in [0.15, 0.2) is 0 Å². The summed E-state index contributed by atoms with van der Waals surface area (Å²) in [6, 6.07) is 18.0. The summed E-state index contributed by atoms with van der Waals surface area (Å²) >= 11 is 0. The maximum atomic E-state index is 10.2. The normalized spacial score (nSPS) is 21.4. The Kier molecular flexibility index (Phi) is 4.54. The topological polar surface area (TPSA) is 44.6 Å². The molecule has 0 unspecified atom stereocenters. The van der Waals surface area contributed by atoms with Crippen LogP contribution in [0.4, 0.5) is 0 Å². The lowest BCUT2D eigenvalue weighted by molar-refractivity contribution is 0.391. The van der Waals surface area contributed by atoms with Gasteiger partial charge < -0.3 is 5.11 Å². The third-order valence-corrected chi connectivity index (χ3v) is 4.08. The number of aliphatic imine (C=N–C) groups is 1. The molecule has 2 aromatic carbocycles. The molecule has 0 bridgehead atoms. The van der Waals surface area contributed by atoms with Crippen molar-refractivity contribution in [2.75, 3.05) is 0 Å². The molecule has 2 atom stereocenters. The van der Waals surface area contributed by atoms with Crippen LogP contribution in [0, 0.1) is 0 Å². The fourth-order valence-corrected chi connectivity index (χ4v) is 2.99. The number of nitrogens with zero attached hydrogens (tertiary/aromatic N) is 1. The maximum Gasteiger partial charge on any atom is 0.120 e. The lowest BCUT2D eigenvalue weighted by atomic mass is 9.94. The van der Waals surface area contributed by atoms with Crippen LogP contribution in [0.2, 0.25) is 0 Å². The van der Waals surface area contributed by atoms with E-state index in [9.17, 15) is 5.11 Å². The molecule has 0 saturated carbocycles. The lowest BCUT2D eigenvalue weighted by Gasteiger charge is -2.30. The summed E-state index contributed by atoms with van der Waals surface area (Å²) in [4.78, 5) is 4.87. The van der Waals surface area contributed by atoms with Gasteiger partial charge in [0.25, 0.3) is 0 Å². The number of nitrogens with one attached hydrogen (secondary N) is 1. The molecule has 2 N–H and O–H groups in total. The van der Waals surface area contributed by atoms with Gasteiger partial charge in [0.1, 0.15) is 11.9 Å². The summed E-state index contributed by atoms with van der Waals surface area (Å²) < 4.78 is 0. The van der Waals surface area contributed by atoms with Crippen LogP contribution in [0.5, 0.6) is 5.75 Å². The van der Waals surface area contributed by atoms with Gasteiger partial charge in [0.05, 0.1) is 0 Å². The van der Waals surface area contributed by atoms with Gasteiger partial charge >= 0.3 is 0 Å². The molecular formula is C19H22N2O. The zero-order chi connectivity index (χ0) is 15.4. The van der Waals surface area contributed by atoms with Crippen LogP contribution in [-0.4, -0.2) is 17.0 Å². The first-order valence-electron chi connectivity index (χ1n) is 7.94. The van der Waals surface area contributed by atoms with Gasteiger partial charge in [-0.15, -0.1) is 0 Å². The Morgan fingerprint density at radius 2 is 1.82 bits per heavy atom. The molecule has 1 aliphatic rings. The van der Waals surface area contributed by atoms with E-state index in [1.54, 1.807) is 6.07 Å². The summed E-state index contributed by atoms with van der Waals surface area (Å²) in [5.74, 6) is 0.351. The number of rotatable bonds is 4. The highest BCUT2D eigenvalue weighted by atomic mass is 16.3. The maximum absolute atomic E-state index is 10.2. The molecule has 3 rings (SSSR count). The van der Waals surface area contributed by atoms with Crippen LogP contribution >= 0.6 is 0 Å². The monoisotopic (exact) mass is 294 g/mol. The highest BCUT2D eigenvalue weighted by Gasteiger charge is 2.25. The number of hydrogen-bond acceptors (Lipinski definition) is 3. The van der Waals surface area contributed by atoms with E-state index in [1.165, 1.54) is 5.56 Å². The predicted molar refractivity (Wildman–Crippen MR) is 90.3 cm³/mol. The van der Waals surface area contributed by atoms with Crippen molar-refractivity contribution in [1.29, 1.82) is 0 Å². The third kappa shape index (κ3) is 3.20. The number of hydrogen-bond donors (Lipinski definition) is 2. The number of phenolic OH excluding ortho intramolecular Hbond substituents is 1. The minimum absolute atomic E-state index is 0.102. The van der Waals surface area contributed by atoms with E-state index in [0.717, 1.165) is 30.5 Å². The van der Waals surface area contributed by atoms with Crippen LogP contribution in [0.15, 0.2) is 59.6 Å². The van der Waals surface area contributed by atoms with Gasteiger partial charge in [0.2, 0.25) is 0 Å². The second-order valence-corrected chi connectivity index (χ2v) is 5.73. The molecule has 1 aliphatic heterocycles. The zero-order valence-electron chi connectivity index (χ0n) is 12.9. The standard InChI is InChI=1S/C19H22N2O/c1-2-8-19-20-16(14-9-4-3-5-10-14)13-17(21-19)15-11-6-7-12-18(15)22/h3-7,9-12,17,19,21-22H,2,8,13H2,1H3/t17-,19+/m0/s1. The fourth-order valence-electron chi connectivity index (χ4n) is 2.99. The second kappa shape index (κ2) is 6.75. The Hall–Kier alpha value is -2.13. The number of aromatic hydroxyl groups is 1. The first-order valence-corrected chi connectivity index (χ1v) is 7.94. The molecule has 0 fully saturated rings. The summed E-state index contributed by atoms with van der Waals surface area (Å²) in [6.07, 6.45) is 2.98. The average Bonchev–Trinajstić information content (AvgIpc) is 2.56. The van der Waals surface area contributed by atoms with Gasteiger partial charge in [-0.1, -0.05) is 61.9 Å². The van der Waals surface area contributed by atoms with Crippen LogP contribution in [0.25, 0.3) is 0 Å². The van der Waals surface area contributed by atoms with Crippen LogP contribution < -0.4 is 5.32 Å². The third-order valence-electron chi connectivity index (χ3n) is 4.08. The molecule has 22 heavy (non-hydrogen) atoms. The highest BCUT2D eigenvalue weighted by molar-refractivity contribution is 6.01. The Morgan fingerprint density at radius 1 is 1.09 bits per heavy atom. The van der Waals surface area contributed by atoms with E-state index in [0.29, 0.717) is 5.75 Å². The Bertz CT molecular complexity index is 651. The quantitative estimate of drug-likeness (QED) is 0.893. The zero-order valence-corrected chi connectivity index (χ0v) is 12.9. The van der Waals surface area contributed by atoms with E-state index < -0.39 is 0 Å². The van der Waals surface area contributed by atoms with Gasteiger partial charge in [-0.2, -0.15) is 0 Å². The molecule has 114 valence electrons. The minimum atomic E-state index is 0.102. The molecular weight excluding hydrogens is 272 g/mol. The largest absolute Gasteiger partial charge is 0.508 e. The Morgan fingerprint density at radius 3 is 2.55 bits per heavy atom. The van der Waals surface area contributed by atoms with Crippen molar-refractivity contribution in [3.8, 4) is 5.75 Å². The highest BCUT2D eigenvalue weighted by Crippen LogP contribution is 2.31. The molecule has 3 heteroatoms. The van der Waals surface area contributed by atoms with Crippen LogP contribution in [0.3, 0.4) is 0 Å². The Labute approximate surface area is 131 Å². The summed E-state index contributed by atoms with van der Waals surface area (Å²) in [7, 11) is 0. The smallest absolute Gasteiger partial charge is 0.120 e. The van der Waals surface area contributed by atoms with E-state index >= 15 is 0 Å². The number of phenols is 1. The molecule has 2 aromatic rings. The van der Waals surface area contributed by atoms with Crippen molar-refractivity contribution in [2.24, 2.45) is 4.99 Å². The van der Waals surface area contributed by atoms with Gasteiger partial charge in [0, 0.05) is 23.7 Å². The van der Waals surface area contributed by atoms with Crippen molar-refractivity contribution in [2.45, 2.75) is 38.4 Å². The summed E-state index contributed by atoms with van der Waals surface area (Å²) in [5, 5.41) is 13.7. The molecule has 1 heterocycles. The van der Waals surface area contributed by atoms with Crippen molar-refractivity contribution in [3.05, 3.63) is 65.7 Å². The predicted octanol–water partition coefficient (Wildman–Crippen LogP) is 4.04. The van der Waals surface area contributed by atoms with E-state index in [2.05, 4.69) is 24.4 Å². The SMILES string of the molecule is CCC[C@@H]1N=C(c2ccccc2)C[C@@H](c2ccccc2O)N1. The van der Waals surface area contributed by atoms with Crippen LogP contribution in [0.1, 0.15) is 43.4 Å². The molecule has 0 aliphatic carbocycles. The minimum Gasteiger partial charge on any atom is -0.508 e. The average molecular weight is 294 g/mol. The van der Waals surface area contributed by atoms with E-state index in [1.807, 2.05) is 36.4 Å². The number of benzene rings is 2. The second-order valence-electron chi connectivity index (χ2n) is 5.73. The first-order chi connectivity index (χ1) is 10.8. The van der Waals surface area contributed by atoms with E-state index in [-0.39, 0.29) is 12.2 Å². The van der Waals surface area contributed by atoms with E-state index in [4.69, 9.17) is 4.99 Å². The van der Waals surface area contributed by atoms with Crippen molar-refractivity contribution < 1.29 is 5.11 Å². The molecule has 0 radical (unpaired) electrons. The lowest BCUT2D eigenvalue weighted by Crippen LogP contribution is -2.38. The summed E-state index contributed by atoms with van der Waals surface area (Å²) in [5.41, 5.74) is 3.24. The van der Waals surface area contributed by atoms with Crippen molar-refractivity contribution in [1.82, 2.24) is 5.32 Å².